The zero-order valence-electron chi connectivity index (χ0n) is 10.9. The van der Waals surface area contributed by atoms with Crippen LogP contribution in [-0.4, -0.2) is 22.8 Å². The summed E-state index contributed by atoms with van der Waals surface area (Å²) in [4.78, 5) is 11.2. The summed E-state index contributed by atoms with van der Waals surface area (Å²) in [5, 5.41) is 6.94. The molecule has 100 valence electrons. The van der Waals surface area contributed by atoms with Crippen LogP contribution in [0.3, 0.4) is 0 Å². The van der Waals surface area contributed by atoms with Gasteiger partial charge in [-0.1, -0.05) is 6.07 Å². The van der Waals surface area contributed by atoms with Crippen molar-refractivity contribution in [2.45, 2.75) is 6.92 Å². The van der Waals surface area contributed by atoms with Crippen LogP contribution in [0.25, 0.3) is 11.3 Å². The molecule has 1 heterocycles. The van der Waals surface area contributed by atoms with Gasteiger partial charge < -0.3 is 10.1 Å². The summed E-state index contributed by atoms with van der Waals surface area (Å²) >= 11 is 3.47. The van der Waals surface area contributed by atoms with Crippen molar-refractivity contribution in [1.29, 1.82) is 0 Å². The fourth-order valence-corrected chi connectivity index (χ4v) is 2.51. The Morgan fingerprint density at radius 1 is 1.47 bits per heavy atom. The molecule has 0 saturated carbocycles. The molecule has 0 radical (unpaired) electrons. The van der Waals surface area contributed by atoms with E-state index in [1.165, 1.54) is 6.92 Å². The quantitative estimate of drug-likeness (QED) is 0.944. The van der Waals surface area contributed by atoms with Gasteiger partial charge in [-0.05, 0) is 28.1 Å². The number of ether oxygens (including phenoxy) is 1. The van der Waals surface area contributed by atoms with E-state index in [0.29, 0.717) is 11.4 Å². The van der Waals surface area contributed by atoms with E-state index in [4.69, 9.17) is 4.74 Å². The molecule has 0 atom stereocenters. The van der Waals surface area contributed by atoms with E-state index in [2.05, 4.69) is 26.3 Å². The number of aromatic nitrogens is 2. The molecule has 5 nitrogen and oxygen atoms in total. The molecule has 1 aromatic heterocycles. The van der Waals surface area contributed by atoms with E-state index in [-0.39, 0.29) is 5.91 Å². The molecule has 6 heteroatoms. The highest BCUT2D eigenvalue weighted by Gasteiger charge is 2.17. The van der Waals surface area contributed by atoms with Crippen molar-refractivity contribution in [2.24, 2.45) is 7.05 Å². The number of carbonyl (C=O) groups is 1. The minimum Gasteiger partial charge on any atom is -0.494 e. The minimum atomic E-state index is -0.139. The smallest absolute Gasteiger partial charge is 0.221 e. The zero-order valence-corrected chi connectivity index (χ0v) is 12.5. The summed E-state index contributed by atoms with van der Waals surface area (Å²) in [6, 6.07) is 5.59. The van der Waals surface area contributed by atoms with Gasteiger partial charge in [0.2, 0.25) is 5.91 Å². The van der Waals surface area contributed by atoms with Crippen molar-refractivity contribution in [3.05, 3.63) is 28.9 Å². The molecule has 2 rings (SSSR count). The Balaban J connectivity index is 2.61. The molecular formula is C13H14BrN3O2. The lowest BCUT2D eigenvalue weighted by Crippen LogP contribution is -2.08. The predicted molar refractivity (Wildman–Crippen MR) is 77.2 cm³/mol. The summed E-state index contributed by atoms with van der Waals surface area (Å²) in [7, 11) is 3.43. The Hall–Kier alpha value is -1.82. The van der Waals surface area contributed by atoms with Gasteiger partial charge in [0.05, 0.1) is 29.2 Å². The van der Waals surface area contributed by atoms with Crippen LogP contribution in [0, 0.1) is 0 Å². The second-order valence-corrected chi connectivity index (χ2v) is 4.89. The van der Waals surface area contributed by atoms with Crippen LogP contribution >= 0.6 is 15.9 Å². The SMILES string of the molecule is COc1c(NC(C)=O)cccc1-c1c(Br)cnn1C. The monoisotopic (exact) mass is 323 g/mol. The van der Waals surface area contributed by atoms with Gasteiger partial charge >= 0.3 is 0 Å². The third-order valence-electron chi connectivity index (χ3n) is 2.68. The van der Waals surface area contributed by atoms with Crippen LogP contribution in [0.15, 0.2) is 28.9 Å². The maximum Gasteiger partial charge on any atom is 0.221 e. The first-order valence-corrected chi connectivity index (χ1v) is 6.46. The lowest BCUT2D eigenvalue weighted by Gasteiger charge is -2.14. The van der Waals surface area contributed by atoms with Gasteiger partial charge in [0.25, 0.3) is 0 Å². The van der Waals surface area contributed by atoms with E-state index >= 15 is 0 Å². The van der Waals surface area contributed by atoms with Crippen LogP contribution < -0.4 is 10.1 Å². The normalized spacial score (nSPS) is 10.3. The molecule has 1 amide bonds. The number of rotatable bonds is 3. The van der Waals surface area contributed by atoms with Crippen LogP contribution in [0.5, 0.6) is 5.75 Å². The third-order valence-corrected chi connectivity index (χ3v) is 3.26. The Labute approximate surface area is 119 Å². The molecule has 0 aliphatic rings. The Kier molecular flexibility index (Phi) is 3.90. The Morgan fingerprint density at radius 2 is 2.21 bits per heavy atom. The molecule has 0 aliphatic heterocycles. The van der Waals surface area contributed by atoms with E-state index < -0.39 is 0 Å². The van der Waals surface area contributed by atoms with E-state index in [1.807, 2.05) is 19.2 Å². The maximum absolute atomic E-state index is 11.2. The second-order valence-electron chi connectivity index (χ2n) is 4.03. The number of hydrogen-bond acceptors (Lipinski definition) is 3. The number of benzene rings is 1. The van der Waals surface area contributed by atoms with Crippen molar-refractivity contribution in [3.63, 3.8) is 0 Å². The third kappa shape index (κ3) is 2.63. The number of nitrogens with one attached hydrogen (secondary N) is 1. The minimum absolute atomic E-state index is 0.139. The highest BCUT2D eigenvalue weighted by molar-refractivity contribution is 9.10. The number of nitrogens with zero attached hydrogens (tertiary/aromatic N) is 2. The lowest BCUT2D eigenvalue weighted by molar-refractivity contribution is -0.114. The number of anilines is 1. The second kappa shape index (κ2) is 5.44. The maximum atomic E-state index is 11.2. The van der Waals surface area contributed by atoms with Crippen LogP contribution in [-0.2, 0) is 11.8 Å². The van der Waals surface area contributed by atoms with Crippen molar-refractivity contribution in [3.8, 4) is 17.0 Å². The van der Waals surface area contributed by atoms with Gasteiger partial charge in [-0.3, -0.25) is 9.48 Å². The Morgan fingerprint density at radius 3 is 2.74 bits per heavy atom. The molecule has 1 aromatic carbocycles. The first kappa shape index (κ1) is 13.6. The summed E-state index contributed by atoms with van der Waals surface area (Å²) < 4.78 is 8.05. The average Bonchev–Trinajstić information content (AvgIpc) is 2.68. The van der Waals surface area contributed by atoms with Gasteiger partial charge in [-0.25, -0.2) is 0 Å². The highest BCUT2D eigenvalue weighted by atomic mass is 79.9. The van der Waals surface area contributed by atoms with E-state index in [0.717, 1.165) is 15.7 Å². The molecular weight excluding hydrogens is 310 g/mol. The van der Waals surface area contributed by atoms with E-state index in [1.54, 1.807) is 24.1 Å². The van der Waals surface area contributed by atoms with Crippen LogP contribution in [0.4, 0.5) is 5.69 Å². The molecule has 2 aromatic rings. The molecule has 1 N–H and O–H groups in total. The molecule has 0 aliphatic carbocycles. The van der Waals surface area contributed by atoms with Gasteiger partial charge in [0.15, 0.2) is 5.75 Å². The molecule has 0 fully saturated rings. The van der Waals surface area contributed by atoms with Gasteiger partial charge in [-0.15, -0.1) is 0 Å². The fraction of sp³-hybridized carbons (Fsp3) is 0.231. The molecule has 0 spiro atoms. The van der Waals surface area contributed by atoms with E-state index in [9.17, 15) is 4.79 Å². The average molecular weight is 324 g/mol. The number of methoxy groups -OCH3 is 1. The predicted octanol–water partition coefficient (Wildman–Crippen LogP) is 2.82. The standard InChI is InChI=1S/C13H14BrN3O2/c1-8(18)16-11-6-4-5-9(13(11)19-3)12-10(14)7-15-17(12)2/h4-7H,1-3H3,(H,16,18). The summed E-state index contributed by atoms with van der Waals surface area (Å²) in [5.74, 6) is 0.474. The zero-order chi connectivity index (χ0) is 14.0. The topological polar surface area (TPSA) is 56.1 Å². The Bertz CT molecular complexity index is 603. The van der Waals surface area contributed by atoms with Crippen LogP contribution in [0.1, 0.15) is 6.92 Å². The summed E-state index contributed by atoms with van der Waals surface area (Å²) in [5.41, 5.74) is 2.39. The van der Waals surface area contributed by atoms with Crippen molar-refractivity contribution in [1.82, 2.24) is 9.78 Å². The number of aryl methyl sites for hydroxylation is 1. The number of amides is 1. The number of para-hydroxylation sites is 1. The molecule has 0 saturated heterocycles. The summed E-state index contributed by atoms with van der Waals surface area (Å²) in [6.45, 7) is 1.46. The van der Waals surface area contributed by atoms with Crippen molar-refractivity contribution < 1.29 is 9.53 Å². The molecule has 19 heavy (non-hydrogen) atoms. The molecule has 0 bridgehead atoms. The van der Waals surface area contributed by atoms with Crippen molar-refractivity contribution >= 4 is 27.5 Å². The number of halogens is 1. The van der Waals surface area contributed by atoms with Gasteiger partial charge in [0.1, 0.15) is 0 Å². The lowest BCUT2D eigenvalue weighted by atomic mass is 10.1. The summed E-state index contributed by atoms with van der Waals surface area (Å²) in [6.07, 6.45) is 1.72. The molecule has 0 unspecified atom stereocenters. The van der Waals surface area contributed by atoms with Crippen molar-refractivity contribution in [2.75, 3.05) is 12.4 Å². The van der Waals surface area contributed by atoms with Gasteiger partial charge in [0, 0.05) is 19.5 Å². The van der Waals surface area contributed by atoms with Crippen LogP contribution in [0.2, 0.25) is 0 Å². The fourth-order valence-electron chi connectivity index (χ4n) is 1.95. The first-order chi connectivity index (χ1) is 9.04. The number of hydrogen-bond donors (Lipinski definition) is 1. The number of carbonyl (C=O) groups excluding carboxylic acids is 1. The first-order valence-electron chi connectivity index (χ1n) is 5.67. The highest BCUT2D eigenvalue weighted by Crippen LogP contribution is 2.39. The van der Waals surface area contributed by atoms with Gasteiger partial charge in [-0.2, -0.15) is 5.10 Å². The largest absolute Gasteiger partial charge is 0.494 e.